The Bertz CT molecular complexity index is 841. The van der Waals surface area contributed by atoms with Crippen LogP contribution in [0.1, 0.15) is 18.1 Å². The SMILES string of the molecule is CC1(c2cc(NC(=S)c3ccc(Cl)cc3)ccc2F)COCC(N)=N1. The molecular weight excluding hydrogens is 361 g/mol. The molecule has 1 heterocycles. The predicted molar refractivity (Wildman–Crippen MR) is 103 cm³/mol. The standard InChI is InChI=1S/C18H17ClFN3OS/c1-18(10-24-9-16(21)23-18)14-8-13(6-7-15(14)20)22-17(25)11-2-4-12(19)5-3-11/h2-8H,9-10H2,1H3,(H2,21,23)(H,22,25). The second-order valence-corrected chi connectivity index (χ2v) is 6.87. The molecule has 0 radical (unpaired) electrons. The lowest BCUT2D eigenvalue weighted by molar-refractivity contribution is 0.104. The molecule has 1 unspecified atom stereocenters. The van der Waals surface area contributed by atoms with Gasteiger partial charge in [-0.15, -0.1) is 0 Å². The quantitative estimate of drug-likeness (QED) is 0.797. The number of rotatable bonds is 3. The minimum atomic E-state index is -0.869. The normalized spacial score (nSPS) is 20.0. The number of nitrogens with zero attached hydrogens (tertiary/aromatic N) is 1. The number of hydrogen-bond acceptors (Lipinski definition) is 4. The molecule has 25 heavy (non-hydrogen) atoms. The first-order valence-electron chi connectivity index (χ1n) is 7.66. The number of amidine groups is 1. The van der Waals surface area contributed by atoms with Gasteiger partial charge in [0.05, 0.1) is 6.61 Å². The highest BCUT2D eigenvalue weighted by Crippen LogP contribution is 2.32. The zero-order chi connectivity index (χ0) is 18.0. The van der Waals surface area contributed by atoms with Crippen LogP contribution in [0.2, 0.25) is 5.02 Å². The average Bonchev–Trinajstić information content (AvgIpc) is 2.57. The van der Waals surface area contributed by atoms with E-state index in [0.717, 1.165) is 5.56 Å². The van der Waals surface area contributed by atoms with Crippen molar-refractivity contribution in [1.82, 2.24) is 0 Å². The van der Waals surface area contributed by atoms with E-state index < -0.39 is 5.54 Å². The summed E-state index contributed by atoms with van der Waals surface area (Å²) >= 11 is 11.3. The highest BCUT2D eigenvalue weighted by Gasteiger charge is 2.32. The molecule has 0 fully saturated rings. The van der Waals surface area contributed by atoms with Crippen molar-refractivity contribution in [3.8, 4) is 0 Å². The van der Waals surface area contributed by atoms with Gasteiger partial charge in [-0.3, -0.25) is 4.99 Å². The third kappa shape index (κ3) is 3.98. The Morgan fingerprint density at radius 1 is 1.32 bits per heavy atom. The van der Waals surface area contributed by atoms with Crippen LogP contribution in [0, 0.1) is 5.82 Å². The van der Waals surface area contributed by atoms with Gasteiger partial charge in [-0.1, -0.05) is 36.0 Å². The second-order valence-electron chi connectivity index (χ2n) is 6.03. The van der Waals surface area contributed by atoms with Crippen LogP contribution >= 0.6 is 23.8 Å². The molecule has 3 rings (SSSR count). The summed E-state index contributed by atoms with van der Waals surface area (Å²) < 4.78 is 19.8. The molecule has 0 bridgehead atoms. The molecule has 0 saturated carbocycles. The summed E-state index contributed by atoms with van der Waals surface area (Å²) in [5.74, 6) is -0.0179. The Kier molecular flexibility index (Phi) is 5.03. The van der Waals surface area contributed by atoms with Crippen molar-refractivity contribution >= 4 is 40.3 Å². The Morgan fingerprint density at radius 3 is 2.72 bits per heavy atom. The molecule has 2 aromatic rings. The highest BCUT2D eigenvalue weighted by atomic mass is 35.5. The number of hydrogen-bond donors (Lipinski definition) is 2. The number of nitrogens with two attached hydrogens (primary N) is 1. The van der Waals surface area contributed by atoms with Crippen LogP contribution in [0.4, 0.5) is 10.1 Å². The molecule has 0 aromatic heterocycles. The van der Waals surface area contributed by atoms with Crippen LogP contribution in [-0.4, -0.2) is 24.0 Å². The van der Waals surface area contributed by atoms with Gasteiger partial charge in [-0.25, -0.2) is 4.39 Å². The number of ether oxygens (including phenoxy) is 1. The van der Waals surface area contributed by atoms with Crippen molar-refractivity contribution in [2.45, 2.75) is 12.5 Å². The maximum absolute atomic E-state index is 14.4. The molecule has 130 valence electrons. The van der Waals surface area contributed by atoms with Gasteiger partial charge in [0.2, 0.25) is 0 Å². The zero-order valence-electron chi connectivity index (χ0n) is 13.6. The summed E-state index contributed by atoms with van der Waals surface area (Å²) in [6.45, 7) is 2.31. The molecule has 1 aliphatic rings. The molecule has 1 atom stereocenters. The fraction of sp³-hybridized carbons (Fsp3) is 0.222. The largest absolute Gasteiger partial charge is 0.386 e. The van der Waals surface area contributed by atoms with E-state index in [1.54, 1.807) is 31.2 Å². The first-order valence-corrected chi connectivity index (χ1v) is 8.45. The third-order valence-electron chi connectivity index (χ3n) is 3.93. The molecule has 0 amide bonds. The Labute approximate surface area is 155 Å². The van der Waals surface area contributed by atoms with Crippen molar-refractivity contribution in [2.75, 3.05) is 18.5 Å². The first-order chi connectivity index (χ1) is 11.9. The fourth-order valence-electron chi connectivity index (χ4n) is 2.69. The highest BCUT2D eigenvalue weighted by molar-refractivity contribution is 7.81. The lowest BCUT2D eigenvalue weighted by atomic mass is 9.92. The summed E-state index contributed by atoms with van der Waals surface area (Å²) in [5, 5.41) is 3.75. The molecule has 0 spiro atoms. The van der Waals surface area contributed by atoms with Crippen LogP contribution in [0.25, 0.3) is 0 Å². The molecule has 1 aliphatic heterocycles. The number of aliphatic imine (C=N–C) groups is 1. The Hall–Kier alpha value is -2.02. The second kappa shape index (κ2) is 7.07. The smallest absolute Gasteiger partial charge is 0.129 e. The van der Waals surface area contributed by atoms with Gasteiger partial charge in [0.25, 0.3) is 0 Å². The number of benzene rings is 2. The summed E-state index contributed by atoms with van der Waals surface area (Å²) in [5.41, 5.74) is 6.78. The van der Waals surface area contributed by atoms with Crippen LogP contribution in [0.5, 0.6) is 0 Å². The van der Waals surface area contributed by atoms with Gasteiger partial charge in [-0.05, 0) is 37.3 Å². The van der Waals surface area contributed by atoms with E-state index in [1.807, 2.05) is 12.1 Å². The van der Waals surface area contributed by atoms with Crippen LogP contribution < -0.4 is 11.1 Å². The summed E-state index contributed by atoms with van der Waals surface area (Å²) in [4.78, 5) is 4.90. The maximum Gasteiger partial charge on any atom is 0.129 e. The lowest BCUT2D eigenvalue weighted by Crippen LogP contribution is -2.38. The van der Waals surface area contributed by atoms with Crippen molar-refractivity contribution in [3.05, 3.63) is 64.4 Å². The van der Waals surface area contributed by atoms with Crippen LogP contribution in [0.3, 0.4) is 0 Å². The minimum absolute atomic E-state index is 0.260. The zero-order valence-corrected chi connectivity index (χ0v) is 15.1. The van der Waals surface area contributed by atoms with E-state index in [9.17, 15) is 4.39 Å². The number of thiocarbonyl (C=S) groups is 1. The third-order valence-corrected chi connectivity index (χ3v) is 4.52. The molecular formula is C18H17ClFN3OS. The van der Waals surface area contributed by atoms with E-state index in [0.29, 0.717) is 27.1 Å². The van der Waals surface area contributed by atoms with E-state index in [2.05, 4.69) is 10.3 Å². The summed E-state index contributed by atoms with van der Waals surface area (Å²) in [7, 11) is 0. The van der Waals surface area contributed by atoms with Gasteiger partial charge in [-0.2, -0.15) is 0 Å². The van der Waals surface area contributed by atoms with Crippen molar-refractivity contribution in [1.29, 1.82) is 0 Å². The van der Waals surface area contributed by atoms with Gasteiger partial charge in [0.1, 0.15) is 28.8 Å². The van der Waals surface area contributed by atoms with Crippen LogP contribution in [0.15, 0.2) is 47.5 Å². The van der Waals surface area contributed by atoms with E-state index in [1.165, 1.54) is 6.07 Å². The maximum atomic E-state index is 14.4. The average molecular weight is 378 g/mol. The van der Waals surface area contributed by atoms with Gasteiger partial charge >= 0.3 is 0 Å². The van der Waals surface area contributed by atoms with Gasteiger partial charge in [0, 0.05) is 21.8 Å². The van der Waals surface area contributed by atoms with Crippen molar-refractivity contribution in [3.63, 3.8) is 0 Å². The molecule has 0 saturated heterocycles. The molecule has 7 heteroatoms. The topological polar surface area (TPSA) is 59.6 Å². The van der Waals surface area contributed by atoms with E-state index in [4.69, 9.17) is 34.3 Å². The monoisotopic (exact) mass is 377 g/mol. The fourth-order valence-corrected chi connectivity index (χ4v) is 3.07. The molecule has 0 aliphatic carbocycles. The first kappa shape index (κ1) is 17.8. The van der Waals surface area contributed by atoms with Crippen molar-refractivity contribution < 1.29 is 9.13 Å². The van der Waals surface area contributed by atoms with E-state index >= 15 is 0 Å². The Morgan fingerprint density at radius 2 is 2.04 bits per heavy atom. The lowest BCUT2D eigenvalue weighted by Gasteiger charge is -2.30. The number of anilines is 1. The van der Waals surface area contributed by atoms with Gasteiger partial charge in [0.15, 0.2) is 0 Å². The van der Waals surface area contributed by atoms with E-state index in [-0.39, 0.29) is 19.0 Å². The molecule has 2 aromatic carbocycles. The summed E-state index contributed by atoms with van der Waals surface area (Å²) in [6, 6.07) is 11.9. The molecule has 3 N–H and O–H groups in total. The Balaban J connectivity index is 1.88. The minimum Gasteiger partial charge on any atom is -0.386 e. The number of halogens is 2. The van der Waals surface area contributed by atoms with Crippen molar-refractivity contribution in [2.24, 2.45) is 10.7 Å². The number of nitrogens with one attached hydrogen (secondary N) is 1. The van der Waals surface area contributed by atoms with Crippen LogP contribution in [-0.2, 0) is 10.3 Å². The van der Waals surface area contributed by atoms with Gasteiger partial charge < -0.3 is 15.8 Å². The predicted octanol–water partition coefficient (Wildman–Crippen LogP) is 3.87. The summed E-state index contributed by atoms with van der Waals surface area (Å²) in [6.07, 6.45) is 0. The molecule has 4 nitrogen and oxygen atoms in total.